The van der Waals surface area contributed by atoms with Gasteiger partial charge >= 0.3 is 0 Å². The second kappa shape index (κ2) is 14.2. The van der Waals surface area contributed by atoms with Crippen LogP contribution in [0.5, 0.6) is 17.2 Å². The van der Waals surface area contributed by atoms with Crippen LogP contribution >= 0.6 is 0 Å². The molecule has 1 N–H and O–H groups in total. The van der Waals surface area contributed by atoms with Gasteiger partial charge in [-0.2, -0.15) is 0 Å². The highest BCUT2D eigenvalue weighted by molar-refractivity contribution is 7.92. The van der Waals surface area contributed by atoms with E-state index >= 15 is 0 Å². The summed E-state index contributed by atoms with van der Waals surface area (Å²) < 4.78 is 42.9. The smallest absolute Gasteiger partial charge is 0.244 e. The van der Waals surface area contributed by atoms with Gasteiger partial charge in [-0.15, -0.1) is 0 Å². The van der Waals surface area contributed by atoms with Crippen LogP contribution in [0, 0.1) is 0 Å². The Labute approximate surface area is 237 Å². The van der Waals surface area contributed by atoms with Crippen molar-refractivity contribution in [1.29, 1.82) is 0 Å². The zero-order valence-electron chi connectivity index (χ0n) is 24.0. The predicted molar refractivity (Wildman–Crippen MR) is 154 cm³/mol. The van der Waals surface area contributed by atoms with Gasteiger partial charge in [-0.25, -0.2) is 8.42 Å². The monoisotopic (exact) mass is 575 g/mol. The molecule has 0 heterocycles. The van der Waals surface area contributed by atoms with E-state index in [1.54, 1.807) is 31.4 Å². The lowest BCUT2D eigenvalue weighted by Crippen LogP contribution is -2.54. The molecule has 1 atom stereocenters. The Morgan fingerprint density at radius 2 is 1.57 bits per heavy atom. The van der Waals surface area contributed by atoms with Crippen LogP contribution in [0.2, 0.25) is 0 Å². The summed E-state index contributed by atoms with van der Waals surface area (Å²) in [6, 6.07) is 11.2. The van der Waals surface area contributed by atoms with Gasteiger partial charge in [-0.3, -0.25) is 13.9 Å². The third-order valence-corrected chi connectivity index (χ3v) is 8.31. The number of carbonyl (C=O) groups is 2. The van der Waals surface area contributed by atoms with E-state index in [0.717, 1.165) is 48.2 Å². The highest BCUT2D eigenvalue weighted by Gasteiger charge is 2.33. The molecular weight excluding hydrogens is 534 g/mol. The van der Waals surface area contributed by atoms with Gasteiger partial charge in [-0.05, 0) is 49.1 Å². The number of ether oxygens (including phenoxy) is 3. The van der Waals surface area contributed by atoms with Crippen LogP contribution in [-0.2, 0) is 26.2 Å². The molecule has 0 unspecified atom stereocenters. The Morgan fingerprint density at radius 1 is 0.950 bits per heavy atom. The number of anilines is 1. The Morgan fingerprint density at radius 3 is 2.12 bits per heavy atom. The maximum absolute atomic E-state index is 14.0. The normalized spacial score (nSPS) is 14.6. The lowest BCUT2D eigenvalue weighted by atomic mass is 9.95. The van der Waals surface area contributed by atoms with Gasteiger partial charge in [0, 0.05) is 18.7 Å². The third-order valence-electron chi connectivity index (χ3n) is 7.18. The summed E-state index contributed by atoms with van der Waals surface area (Å²) in [5.41, 5.74) is 0.949. The molecule has 0 aliphatic heterocycles. The first-order valence-electron chi connectivity index (χ1n) is 13.5. The average Bonchev–Trinajstić information content (AvgIpc) is 2.95. The zero-order valence-corrected chi connectivity index (χ0v) is 24.8. The van der Waals surface area contributed by atoms with Gasteiger partial charge in [0.15, 0.2) is 0 Å². The van der Waals surface area contributed by atoms with Crippen LogP contribution in [0.25, 0.3) is 0 Å². The van der Waals surface area contributed by atoms with E-state index < -0.39 is 28.5 Å². The first kappa shape index (κ1) is 31.1. The first-order chi connectivity index (χ1) is 19.1. The Bertz CT molecular complexity index is 1240. The number of benzene rings is 2. The summed E-state index contributed by atoms with van der Waals surface area (Å²) in [5, 5.41) is 3.14. The van der Waals surface area contributed by atoms with E-state index in [4.69, 9.17) is 14.2 Å². The van der Waals surface area contributed by atoms with Crippen molar-refractivity contribution >= 4 is 27.5 Å². The molecule has 10 nitrogen and oxygen atoms in total. The molecule has 0 aromatic heterocycles. The molecule has 11 heteroatoms. The van der Waals surface area contributed by atoms with Crippen molar-refractivity contribution in [2.45, 2.75) is 64.1 Å². The van der Waals surface area contributed by atoms with Crippen LogP contribution in [0.1, 0.15) is 51.0 Å². The minimum atomic E-state index is -3.93. The molecular formula is C29H41N3O7S. The van der Waals surface area contributed by atoms with Crippen LogP contribution in [-0.4, -0.2) is 71.3 Å². The average molecular weight is 576 g/mol. The van der Waals surface area contributed by atoms with Crippen LogP contribution in [0.15, 0.2) is 42.5 Å². The maximum Gasteiger partial charge on any atom is 0.244 e. The van der Waals surface area contributed by atoms with Gasteiger partial charge in [0.05, 0.1) is 33.3 Å². The number of methoxy groups -OCH3 is 3. The van der Waals surface area contributed by atoms with E-state index in [-0.39, 0.29) is 29.9 Å². The molecule has 2 amide bonds. The molecule has 2 aromatic rings. The minimum Gasteiger partial charge on any atom is -0.497 e. The number of amides is 2. The molecule has 220 valence electrons. The summed E-state index contributed by atoms with van der Waals surface area (Å²) in [6.45, 7) is 1.44. The summed E-state index contributed by atoms with van der Waals surface area (Å²) in [5.74, 6) is 0.586. The predicted octanol–water partition coefficient (Wildman–Crippen LogP) is 3.73. The third kappa shape index (κ3) is 8.03. The number of hydrogen-bond acceptors (Lipinski definition) is 7. The van der Waals surface area contributed by atoms with Crippen LogP contribution in [0.4, 0.5) is 5.69 Å². The molecule has 0 bridgehead atoms. The number of hydrogen-bond donors (Lipinski definition) is 1. The molecule has 1 aliphatic rings. The molecule has 0 radical (unpaired) electrons. The molecule has 40 heavy (non-hydrogen) atoms. The van der Waals surface area contributed by atoms with Crippen molar-refractivity contribution in [3.05, 3.63) is 48.0 Å². The molecule has 1 fully saturated rings. The number of sulfonamides is 1. The number of nitrogens with one attached hydrogen (secondary N) is 1. The van der Waals surface area contributed by atoms with E-state index in [9.17, 15) is 18.0 Å². The quantitative estimate of drug-likeness (QED) is 0.387. The van der Waals surface area contributed by atoms with Crippen LogP contribution < -0.4 is 23.8 Å². The fourth-order valence-electron chi connectivity index (χ4n) is 4.98. The molecule has 0 spiro atoms. The number of rotatable bonds is 13. The zero-order chi connectivity index (χ0) is 29.3. The van der Waals surface area contributed by atoms with Gasteiger partial charge in [0.1, 0.15) is 29.8 Å². The van der Waals surface area contributed by atoms with E-state index in [0.29, 0.717) is 17.9 Å². The fourth-order valence-corrected chi connectivity index (χ4v) is 5.82. The van der Waals surface area contributed by atoms with E-state index in [1.807, 2.05) is 19.1 Å². The van der Waals surface area contributed by atoms with E-state index in [1.165, 1.54) is 25.2 Å². The standard InChI is InChI=1S/C29H41N3O7S/c1-6-25(29(34)30-22-10-8-7-9-11-22)31(19-21-12-14-23(37-2)15-13-21)28(33)20-32(40(5,35)36)26-18-24(38-3)16-17-27(26)39-4/h12-18,22,25H,6-11,19-20H2,1-5H3,(H,30,34)/t25-/m0/s1. The topological polar surface area (TPSA) is 114 Å². The molecule has 3 rings (SSSR count). The second-order valence-corrected chi connectivity index (χ2v) is 11.9. The summed E-state index contributed by atoms with van der Waals surface area (Å²) in [7, 11) is 0.532. The van der Waals surface area contributed by atoms with Gasteiger partial charge in [0.25, 0.3) is 0 Å². The first-order valence-corrected chi connectivity index (χ1v) is 15.4. The minimum absolute atomic E-state index is 0.0711. The lowest BCUT2D eigenvalue weighted by Gasteiger charge is -2.34. The highest BCUT2D eigenvalue weighted by Crippen LogP contribution is 2.34. The maximum atomic E-state index is 14.0. The van der Waals surface area contributed by atoms with Crippen molar-refractivity contribution in [3.8, 4) is 17.2 Å². The van der Waals surface area contributed by atoms with Crippen molar-refractivity contribution < 1.29 is 32.2 Å². The van der Waals surface area contributed by atoms with Crippen molar-refractivity contribution in [2.24, 2.45) is 0 Å². The molecule has 1 aliphatic carbocycles. The van der Waals surface area contributed by atoms with Gasteiger partial charge in [0.2, 0.25) is 21.8 Å². The molecule has 1 saturated carbocycles. The molecule has 2 aromatic carbocycles. The van der Waals surface area contributed by atoms with Crippen molar-refractivity contribution in [1.82, 2.24) is 10.2 Å². The largest absolute Gasteiger partial charge is 0.497 e. The highest BCUT2D eigenvalue weighted by atomic mass is 32.2. The SMILES string of the molecule is CC[C@@H](C(=O)NC1CCCCC1)N(Cc1ccc(OC)cc1)C(=O)CN(c1cc(OC)ccc1OC)S(C)(=O)=O. The van der Waals surface area contributed by atoms with Crippen molar-refractivity contribution in [3.63, 3.8) is 0 Å². The lowest BCUT2D eigenvalue weighted by molar-refractivity contribution is -0.140. The summed E-state index contributed by atoms with van der Waals surface area (Å²) in [4.78, 5) is 29.0. The fraction of sp³-hybridized carbons (Fsp3) is 0.517. The summed E-state index contributed by atoms with van der Waals surface area (Å²) in [6.07, 6.45) is 6.48. The van der Waals surface area contributed by atoms with Crippen LogP contribution in [0.3, 0.4) is 0 Å². The van der Waals surface area contributed by atoms with E-state index in [2.05, 4.69) is 5.32 Å². The number of nitrogens with zero attached hydrogens (tertiary/aromatic N) is 2. The number of carbonyl (C=O) groups excluding carboxylic acids is 2. The van der Waals surface area contributed by atoms with Crippen molar-refractivity contribution in [2.75, 3.05) is 38.4 Å². The molecule has 0 saturated heterocycles. The van der Waals surface area contributed by atoms with Gasteiger partial charge in [-0.1, -0.05) is 38.3 Å². The Hall–Kier alpha value is -3.47. The second-order valence-electron chi connectivity index (χ2n) is 9.94. The summed E-state index contributed by atoms with van der Waals surface area (Å²) >= 11 is 0. The van der Waals surface area contributed by atoms with Gasteiger partial charge < -0.3 is 24.4 Å². The Balaban J connectivity index is 1.97. The Kier molecular flexibility index (Phi) is 11.1.